The van der Waals surface area contributed by atoms with Gasteiger partial charge in [0.2, 0.25) is 12.5 Å². The van der Waals surface area contributed by atoms with E-state index in [-0.39, 0.29) is 50.4 Å². The summed E-state index contributed by atoms with van der Waals surface area (Å²) in [7, 11) is 3.34. The third-order valence-corrected chi connectivity index (χ3v) is 19.0. The smallest absolute Gasteiger partial charge is 0.293 e. The molecular weight excluding hydrogens is 755 g/mol. The summed E-state index contributed by atoms with van der Waals surface area (Å²) in [4.78, 5) is 25.7. The van der Waals surface area contributed by atoms with Crippen molar-refractivity contribution in [2.75, 3.05) is 21.0 Å². The third kappa shape index (κ3) is 5.54. The van der Waals surface area contributed by atoms with Crippen molar-refractivity contribution in [1.82, 2.24) is 0 Å². The molecule has 1 aromatic heterocycles. The van der Waals surface area contributed by atoms with Gasteiger partial charge in [-0.1, -0.05) is 54.0 Å². The molecule has 0 unspecified atom stereocenters. The van der Waals surface area contributed by atoms with Crippen molar-refractivity contribution in [1.29, 1.82) is 0 Å². The maximum Gasteiger partial charge on any atom is 0.293 e. The van der Waals surface area contributed by atoms with E-state index < -0.39 is 5.60 Å². The number of aliphatic hydroxyl groups is 1. The largest absolute Gasteiger partial charge is 0.493 e. The summed E-state index contributed by atoms with van der Waals surface area (Å²) in [5.74, 6) is 3.74. The van der Waals surface area contributed by atoms with Crippen LogP contribution in [0.5, 0.6) is 23.0 Å². The molecule has 0 radical (unpaired) electrons. The van der Waals surface area contributed by atoms with Gasteiger partial charge in [-0.3, -0.25) is 9.59 Å². The lowest BCUT2D eigenvalue weighted by Crippen LogP contribution is -2.70. The fraction of sp³-hybridized carbons (Fsp3) is 0.627. The van der Waals surface area contributed by atoms with Crippen molar-refractivity contribution < 1.29 is 42.9 Å². The molecule has 2 aliphatic heterocycles. The second kappa shape index (κ2) is 13.7. The van der Waals surface area contributed by atoms with E-state index in [4.69, 9.17) is 23.7 Å². The van der Waals surface area contributed by atoms with Crippen LogP contribution in [0.1, 0.15) is 119 Å². The molecule has 4 saturated carbocycles. The van der Waals surface area contributed by atoms with Gasteiger partial charge in [0.05, 0.1) is 31.3 Å². The number of aromatic nitrogens is 1. The van der Waals surface area contributed by atoms with Crippen LogP contribution in [0.15, 0.2) is 48.2 Å². The molecule has 60 heavy (non-hydrogen) atoms. The first-order valence-corrected chi connectivity index (χ1v) is 22.4. The van der Waals surface area contributed by atoms with Gasteiger partial charge in [0.1, 0.15) is 5.60 Å². The molecule has 0 amide bonds. The quantitative estimate of drug-likeness (QED) is 0.205. The number of aryl methyl sites for hydroxylation is 2. The van der Waals surface area contributed by atoms with Crippen LogP contribution < -0.4 is 23.5 Å². The molecule has 2 aromatic carbocycles. The molecule has 0 bridgehead atoms. The number of fused-ring (bicyclic) bond motifs is 12. The van der Waals surface area contributed by atoms with Crippen LogP contribution in [-0.2, 0) is 27.3 Å². The van der Waals surface area contributed by atoms with Crippen molar-refractivity contribution in [3.8, 4) is 34.3 Å². The van der Waals surface area contributed by atoms with Crippen molar-refractivity contribution >= 4 is 23.0 Å². The number of rotatable bonds is 4. The second-order valence-corrected chi connectivity index (χ2v) is 21.6. The number of pyridine rings is 1. The molecule has 7 aliphatic rings. The Morgan fingerprint density at radius 2 is 1.58 bits per heavy atom. The average molecular weight is 821 g/mol. The minimum absolute atomic E-state index is 0.0279. The van der Waals surface area contributed by atoms with E-state index in [2.05, 4.69) is 96.5 Å². The summed E-state index contributed by atoms with van der Waals surface area (Å²) in [5, 5.41) is 13.2. The van der Waals surface area contributed by atoms with Crippen LogP contribution in [-0.4, -0.2) is 50.1 Å². The summed E-state index contributed by atoms with van der Waals surface area (Å²) in [6.07, 6.45) is 13.6. The number of methoxy groups -OCH3 is 2. The van der Waals surface area contributed by atoms with Gasteiger partial charge in [-0.05, 0) is 144 Å². The van der Waals surface area contributed by atoms with E-state index in [0.717, 1.165) is 105 Å². The Hall–Kier alpha value is -4.11. The normalized spacial score (nSPS) is 38.0. The molecular formula is C51H66NO8+. The molecule has 0 saturated heterocycles. The maximum atomic E-state index is 14.4. The fourth-order valence-corrected chi connectivity index (χ4v) is 14.3. The van der Waals surface area contributed by atoms with Gasteiger partial charge in [0, 0.05) is 18.4 Å². The highest BCUT2D eigenvalue weighted by Gasteiger charge is 2.73. The Bertz CT molecular complexity index is 2320. The highest BCUT2D eigenvalue weighted by molar-refractivity contribution is 5.96. The molecule has 322 valence electrons. The lowest BCUT2D eigenvalue weighted by atomic mass is 9.30. The molecule has 4 fully saturated rings. The van der Waals surface area contributed by atoms with Gasteiger partial charge in [0.15, 0.2) is 41.5 Å². The molecule has 1 N–H and O–H groups in total. The van der Waals surface area contributed by atoms with Crippen molar-refractivity contribution in [2.24, 2.45) is 44.3 Å². The van der Waals surface area contributed by atoms with Gasteiger partial charge in [-0.15, -0.1) is 0 Å². The number of hydrogen-bond donors (Lipinski definition) is 1. The minimum atomic E-state index is -0.452. The first kappa shape index (κ1) is 41.3. The molecule has 10 rings (SSSR count). The van der Waals surface area contributed by atoms with Crippen molar-refractivity contribution in [3.63, 3.8) is 0 Å². The number of allylic oxidation sites excluding steroid dienone is 2. The van der Waals surface area contributed by atoms with Crippen LogP contribution in [0.2, 0.25) is 0 Å². The predicted octanol–water partition coefficient (Wildman–Crippen LogP) is 9.74. The Morgan fingerprint density at radius 1 is 0.850 bits per heavy atom. The van der Waals surface area contributed by atoms with E-state index in [1.807, 2.05) is 6.07 Å². The molecule has 3 heterocycles. The van der Waals surface area contributed by atoms with Crippen LogP contribution in [0.4, 0.5) is 0 Å². The standard InChI is InChI=1S/C31H48O4.C20H18NO4/c1-25(2)23(34)9-10-30(7)24-22(33)17-20-21-18-27(4,35-19-32)13-11-26(21,3)12-14-28(20,5)29(24,6)15-16-31(25,30)8;1-22-17-4-3-12-7-16-14-9-19-18(24-11-25-19)8-13(14)5-6-21(16)10-15(12)20(17)23-2/h17,19,21,23-24,34H,9-16,18H2,1-8H3;3-4,7-10H,5-6,11H2,1-2H3/q;+1/t21-,23-,24-,26+,27+,28+,29+,30+,31-;/m0./s1. The van der Waals surface area contributed by atoms with E-state index in [9.17, 15) is 14.7 Å². The number of ketones is 1. The SMILES string of the molecule is CC1(C)[C@@H](O)CC[C@]2(C)[C@H]3C(=O)C=C4[C@@H]5C[C@](C)(OC=O)CC[C@]5(C)CC[C@@]4(C)[C@]3(C)CC[C@@]12C.COc1ccc2cc3[n+](cc2c1OC)CCc1cc2c(cc1-3)OCO2. The third-order valence-electron chi connectivity index (χ3n) is 19.0. The monoisotopic (exact) mass is 820 g/mol. The number of ether oxygens (including phenoxy) is 5. The van der Waals surface area contributed by atoms with E-state index >= 15 is 0 Å². The number of aliphatic hydroxyl groups excluding tert-OH is 1. The highest BCUT2D eigenvalue weighted by Crippen LogP contribution is 2.78. The highest BCUT2D eigenvalue weighted by atomic mass is 16.7. The van der Waals surface area contributed by atoms with E-state index in [0.29, 0.717) is 19.0 Å². The molecule has 9 nitrogen and oxygen atoms in total. The lowest BCUT2D eigenvalue weighted by molar-refractivity contribution is -0.686. The lowest BCUT2D eigenvalue weighted by Gasteiger charge is -2.73. The van der Waals surface area contributed by atoms with Gasteiger partial charge < -0.3 is 28.8 Å². The van der Waals surface area contributed by atoms with Crippen molar-refractivity contribution in [3.05, 3.63) is 53.7 Å². The molecule has 5 aliphatic carbocycles. The van der Waals surface area contributed by atoms with Gasteiger partial charge in [-0.25, -0.2) is 0 Å². The Kier molecular flexibility index (Phi) is 9.42. The number of carbonyl (C=O) groups excluding carboxylic acids is 2. The number of benzene rings is 2. The average Bonchev–Trinajstić information content (AvgIpc) is 3.68. The Morgan fingerprint density at radius 3 is 2.30 bits per heavy atom. The number of nitrogens with zero attached hydrogens (tertiary/aromatic N) is 1. The van der Waals surface area contributed by atoms with E-state index in [1.165, 1.54) is 22.4 Å². The van der Waals surface area contributed by atoms with E-state index in [1.54, 1.807) is 14.2 Å². The zero-order chi connectivity index (χ0) is 42.8. The first-order valence-electron chi connectivity index (χ1n) is 22.4. The van der Waals surface area contributed by atoms with Crippen LogP contribution >= 0.6 is 0 Å². The zero-order valence-electron chi connectivity index (χ0n) is 37.6. The fourth-order valence-electron chi connectivity index (χ4n) is 14.3. The van der Waals surface area contributed by atoms with Gasteiger partial charge >= 0.3 is 0 Å². The maximum absolute atomic E-state index is 14.4. The van der Waals surface area contributed by atoms with Gasteiger partial charge in [-0.2, -0.15) is 4.57 Å². The summed E-state index contributed by atoms with van der Waals surface area (Å²) in [6.45, 7) is 20.4. The summed E-state index contributed by atoms with van der Waals surface area (Å²) in [6, 6.07) is 10.4. The zero-order valence-corrected chi connectivity index (χ0v) is 37.6. The van der Waals surface area contributed by atoms with Gasteiger partial charge in [0.25, 0.3) is 6.47 Å². The summed E-state index contributed by atoms with van der Waals surface area (Å²) < 4.78 is 30.0. The number of carbonyl (C=O) groups is 2. The molecule has 3 aromatic rings. The van der Waals surface area contributed by atoms with Crippen LogP contribution in [0.3, 0.4) is 0 Å². The predicted molar refractivity (Wildman–Crippen MR) is 230 cm³/mol. The minimum Gasteiger partial charge on any atom is -0.493 e. The molecule has 0 spiro atoms. The summed E-state index contributed by atoms with van der Waals surface area (Å²) in [5.41, 5.74) is 4.11. The molecule has 9 atom stereocenters. The topological polar surface area (TPSA) is 104 Å². The Balaban J connectivity index is 0.000000162. The van der Waals surface area contributed by atoms with Crippen LogP contribution in [0.25, 0.3) is 22.0 Å². The number of hydrogen-bond acceptors (Lipinski definition) is 8. The summed E-state index contributed by atoms with van der Waals surface area (Å²) >= 11 is 0. The van der Waals surface area contributed by atoms with Crippen molar-refractivity contribution in [2.45, 2.75) is 138 Å². The second-order valence-electron chi connectivity index (χ2n) is 21.6. The van der Waals surface area contributed by atoms with Crippen LogP contribution in [0, 0.1) is 44.3 Å². The first-order chi connectivity index (χ1) is 28.3. The Labute approximate surface area is 356 Å². The molecule has 9 heteroatoms.